The van der Waals surface area contributed by atoms with Gasteiger partial charge in [0, 0.05) is 12.3 Å². The van der Waals surface area contributed by atoms with Gasteiger partial charge < -0.3 is 10.2 Å². The van der Waals surface area contributed by atoms with Gasteiger partial charge >= 0.3 is 5.97 Å². The van der Waals surface area contributed by atoms with E-state index in [-0.39, 0.29) is 35.2 Å². The summed E-state index contributed by atoms with van der Waals surface area (Å²) in [7, 11) is 0. The molecular weight excluding hydrogens is 376 g/mol. The Bertz CT molecular complexity index is 741. The Hall–Kier alpha value is -1.16. The monoisotopic (exact) mass is 416 g/mol. The molecule has 0 amide bonds. The summed E-state index contributed by atoms with van der Waals surface area (Å²) in [6.07, 6.45) is 9.86. The van der Waals surface area contributed by atoms with Crippen LogP contribution in [0.3, 0.4) is 0 Å². The van der Waals surface area contributed by atoms with Gasteiger partial charge in [0.1, 0.15) is 0 Å². The molecule has 168 valence electrons. The summed E-state index contributed by atoms with van der Waals surface area (Å²) in [4.78, 5) is 24.9. The third-order valence-electron chi connectivity index (χ3n) is 10.3. The van der Waals surface area contributed by atoms with E-state index < -0.39 is 5.97 Å². The van der Waals surface area contributed by atoms with E-state index in [1.54, 1.807) is 0 Å². The molecule has 0 spiro atoms. The molecule has 9 atom stereocenters. The van der Waals surface area contributed by atoms with Gasteiger partial charge in [-0.05, 0) is 104 Å². The Morgan fingerprint density at radius 1 is 1.13 bits per heavy atom. The van der Waals surface area contributed by atoms with E-state index >= 15 is 0 Å². The predicted molar refractivity (Wildman–Crippen MR) is 117 cm³/mol. The van der Waals surface area contributed by atoms with E-state index in [0.29, 0.717) is 29.5 Å². The number of allylic oxidation sites excluding steroid dienone is 2. The quantitative estimate of drug-likeness (QED) is 0.614. The summed E-state index contributed by atoms with van der Waals surface area (Å²) in [6.45, 7) is 9.04. The highest BCUT2D eigenvalue weighted by atomic mass is 16.4. The number of aliphatic carboxylic acids is 1. The molecule has 0 bridgehead atoms. The fourth-order valence-corrected chi connectivity index (χ4v) is 8.72. The van der Waals surface area contributed by atoms with Crippen molar-refractivity contribution in [1.29, 1.82) is 0 Å². The molecule has 0 heterocycles. The third-order valence-corrected chi connectivity index (χ3v) is 10.3. The zero-order valence-corrected chi connectivity index (χ0v) is 19.2. The molecule has 0 aromatic rings. The number of hydrogen-bond donors (Lipinski definition) is 2. The molecular formula is C26H40O4. The second-order valence-corrected chi connectivity index (χ2v) is 11.5. The van der Waals surface area contributed by atoms with Crippen molar-refractivity contribution in [2.45, 2.75) is 91.6 Å². The summed E-state index contributed by atoms with van der Waals surface area (Å²) >= 11 is 0. The van der Waals surface area contributed by atoms with E-state index in [1.165, 1.54) is 0 Å². The maximum absolute atomic E-state index is 13.8. The minimum absolute atomic E-state index is 0.114. The molecule has 30 heavy (non-hydrogen) atoms. The van der Waals surface area contributed by atoms with Crippen LogP contribution in [0.25, 0.3) is 0 Å². The first kappa shape index (κ1) is 22.0. The standard InChI is InChI=1S/C26H40O4/c1-5-17-21-14-16(27)10-12-26(21,4)20-11-13-25(3)18(15(2)6-9-22(28)29)7-8-19(25)23(20)24(17)30/h5,15-16,18-21,23,27H,6-14H2,1-4H3,(H,28,29)/b17-5+/t15-,16-,18-,19+,20+,21?,23+,25-,26-/m1/s1. The third kappa shape index (κ3) is 3.20. The Balaban J connectivity index is 1.64. The van der Waals surface area contributed by atoms with Crippen LogP contribution in [-0.4, -0.2) is 28.1 Å². The predicted octanol–water partition coefficient (Wildman–Crippen LogP) is 5.24. The summed E-state index contributed by atoms with van der Waals surface area (Å²) in [5.41, 5.74) is 1.25. The fraction of sp³-hybridized carbons (Fsp3) is 0.846. The Kier molecular flexibility index (Phi) is 5.70. The topological polar surface area (TPSA) is 74.6 Å². The average molecular weight is 417 g/mol. The lowest BCUT2D eigenvalue weighted by Gasteiger charge is -2.61. The van der Waals surface area contributed by atoms with Crippen LogP contribution in [0, 0.1) is 46.3 Å². The number of aliphatic hydroxyl groups is 1. The average Bonchev–Trinajstić information content (AvgIpc) is 3.05. The number of aliphatic hydroxyl groups excluding tert-OH is 1. The second kappa shape index (κ2) is 7.76. The van der Waals surface area contributed by atoms with Gasteiger partial charge in [0.25, 0.3) is 0 Å². The molecule has 4 rings (SSSR count). The highest BCUT2D eigenvalue weighted by Crippen LogP contribution is 2.68. The Morgan fingerprint density at radius 3 is 2.47 bits per heavy atom. The number of carboxylic acid groups (broad SMARTS) is 1. The van der Waals surface area contributed by atoms with Crippen LogP contribution in [0.15, 0.2) is 11.6 Å². The summed E-state index contributed by atoms with van der Waals surface area (Å²) in [5, 5.41) is 19.5. The zero-order valence-electron chi connectivity index (χ0n) is 19.2. The Morgan fingerprint density at radius 2 is 1.80 bits per heavy atom. The first-order valence-electron chi connectivity index (χ1n) is 12.2. The molecule has 2 N–H and O–H groups in total. The molecule has 0 aromatic heterocycles. The molecule has 1 unspecified atom stereocenters. The zero-order chi connectivity index (χ0) is 21.8. The number of hydrogen-bond acceptors (Lipinski definition) is 3. The highest BCUT2D eigenvalue weighted by Gasteiger charge is 2.64. The summed E-state index contributed by atoms with van der Waals surface area (Å²) in [6, 6.07) is 0. The number of carbonyl (C=O) groups excluding carboxylic acids is 1. The van der Waals surface area contributed by atoms with E-state index in [4.69, 9.17) is 5.11 Å². The second-order valence-electron chi connectivity index (χ2n) is 11.5. The van der Waals surface area contributed by atoms with Gasteiger partial charge in [-0.1, -0.05) is 26.8 Å². The lowest BCUT2D eigenvalue weighted by Crippen LogP contribution is -2.58. The largest absolute Gasteiger partial charge is 0.481 e. The van der Waals surface area contributed by atoms with Gasteiger partial charge in [0.15, 0.2) is 5.78 Å². The number of fused-ring (bicyclic) bond motifs is 5. The van der Waals surface area contributed by atoms with Crippen LogP contribution in [0.4, 0.5) is 0 Å². The van der Waals surface area contributed by atoms with E-state index in [2.05, 4.69) is 20.8 Å². The van der Waals surface area contributed by atoms with Crippen molar-refractivity contribution >= 4 is 11.8 Å². The molecule has 0 radical (unpaired) electrons. The van der Waals surface area contributed by atoms with Crippen molar-refractivity contribution < 1.29 is 19.8 Å². The molecule has 4 aliphatic rings. The van der Waals surface area contributed by atoms with Crippen molar-refractivity contribution in [3.05, 3.63) is 11.6 Å². The van der Waals surface area contributed by atoms with Gasteiger partial charge in [-0.25, -0.2) is 0 Å². The molecule has 4 heteroatoms. The van der Waals surface area contributed by atoms with Crippen molar-refractivity contribution in [2.75, 3.05) is 0 Å². The van der Waals surface area contributed by atoms with Crippen molar-refractivity contribution in [3.8, 4) is 0 Å². The number of carbonyl (C=O) groups is 2. The number of carboxylic acids is 1. The molecule has 4 saturated carbocycles. The van der Waals surface area contributed by atoms with Gasteiger partial charge in [-0.15, -0.1) is 0 Å². The summed E-state index contributed by atoms with van der Waals surface area (Å²) in [5.74, 6) is 1.74. The van der Waals surface area contributed by atoms with Crippen LogP contribution in [0.1, 0.15) is 85.5 Å². The molecule has 4 nitrogen and oxygen atoms in total. The van der Waals surface area contributed by atoms with Crippen LogP contribution in [0.5, 0.6) is 0 Å². The van der Waals surface area contributed by atoms with Crippen molar-refractivity contribution in [1.82, 2.24) is 0 Å². The van der Waals surface area contributed by atoms with Gasteiger partial charge in [-0.3, -0.25) is 9.59 Å². The molecule has 4 fully saturated rings. The first-order chi connectivity index (χ1) is 14.1. The van der Waals surface area contributed by atoms with Crippen molar-refractivity contribution in [3.63, 3.8) is 0 Å². The normalized spacial score (nSPS) is 48.0. The molecule has 0 saturated heterocycles. The van der Waals surface area contributed by atoms with Crippen LogP contribution >= 0.6 is 0 Å². The van der Waals surface area contributed by atoms with E-state index in [1.807, 2.05) is 13.0 Å². The molecule has 4 aliphatic carbocycles. The number of Topliss-reactive ketones (excluding diaryl/α,β-unsaturated/α-hetero) is 1. The summed E-state index contributed by atoms with van der Waals surface area (Å²) < 4.78 is 0. The number of ketones is 1. The highest BCUT2D eigenvalue weighted by molar-refractivity contribution is 5.99. The van der Waals surface area contributed by atoms with Gasteiger partial charge in [-0.2, -0.15) is 0 Å². The maximum Gasteiger partial charge on any atom is 0.303 e. The van der Waals surface area contributed by atoms with Gasteiger partial charge in [0.05, 0.1) is 6.10 Å². The Labute approximate surface area is 181 Å². The lowest BCUT2D eigenvalue weighted by molar-refractivity contribution is -0.150. The van der Waals surface area contributed by atoms with Crippen LogP contribution in [-0.2, 0) is 9.59 Å². The van der Waals surface area contributed by atoms with Crippen molar-refractivity contribution in [2.24, 2.45) is 46.3 Å². The van der Waals surface area contributed by atoms with Gasteiger partial charge in [0.2, 0.25) is 0 Å². The van der Waals surface area contributed by atoms with Crippen LogP contribution in [0.2, 0.25) is 0 Å². The maximum atomic E-state index is 13.8. The van der Waals surface area contributed by atoms with E-state index in [9.17, 15) is 14.7 Å². The smallest absolute Gasteiger partial charge is 0.303 e. The fourth-order valence-electron chi connectivity index (χ4n) is 8.72. The molecule has 0 aliphatic heterocycles. The lowest BCUT2D eigenvalue weighted by atomic mass is 9.43. The number of rotatable bonds is 4. The molecule has 0 aromatic carbocycles. The minimum Gasteiger partial charge on any atom is -0.481 e. The first-order valence-corrected chi connectivity index (χ1v) is 12.2. The van der Waals surface area contributed by atoms with E-state index in [0.717, 1.165) is 56.9 Å². The SMILES string of the molecule is C/C=C1/C(=O)[C@H]2[C@@H]3CC[C@H]([C@H](C)CCC(=O)O)[C@@]3(C)CC[C@@H]2[C@@]2(C)CC[C@@H](O)CC12. The van der Waals surface area contributed by atoms with Crippen LogP contribution < -0.4 is 0 Å². The minimum atomic E-state index is -0.705.